The van der Waals surface area contributed by atoms with E-state index >= 15 is 0 Å². The molecule has 0 radical (unpaired) electrons. The van der Waals surface area contributed by atoms with E-state index in [9.17, 15) is 5.11 Å². The van der Waals surface area contributed by atoms with Crippen LogP contribution in [0.25, 0.3) is 0 Å². The normalized spacial score (nSPS) is 13.3. The molecule has 0 saturated carbocycles. The molecule has 1 rings (SSSR count). The number of hydrogen-bond acceptors (Lipinski definition) is 5. The zero-order valence-corrected chi connectivity index (χ0v) is 17.5. The van der Waals surface area contributed by atoms with Crippen molar-refractivity contribution >= 4 is 0 Å². The summed E-state index contributed by atoms with van der Waals surface area (Å²) in [6.07, 6.45) is 0.558. The molecule has 1 atom stereocenters. The first-order valence-corrected chi connectivity index (χ1v) is 9.39. The van der Waals surface area contributed by atoms with Crippen LogP contribution in [0.5, 0.6) is 11.5 Å². The molecule has 0 bridgehead atoms. The topological polar surface area (TPSA) is 51.2 Å². The molecule has 0 heterocycles. The molecular formula is C21H37NO4. The predicted molar refractivity (Wildman–Crippen MR) is 106 cm³/mol. The number of benzene rings is 1. The molecule has 0 saturated heterocycles. The number of aliphatic hydroxyl groups is 1. The zero-order chi connectivity index (χ0) is 19.7. The summed E-state index contributed by atoms with van der Waals surface area (Å²) in [6.45, 7) is 13.0. The second kappa shape index (κ2) is 10.8. The fraction of sp³-hybridized carbons (Fsp3) is 0.714. The fourth-order valence-electron chi connectivity index (χ4n) is 2.59. The van der Waals surface area contributed by atoms with Gasteiger partial charge in [0.1, 0.15) is 11.5 Å². The van der Waals surface area contributed by atoms with Crippen LogP contribution >= 0.6 is 0 Å². The van der Waals surface area contributed by atoms with Crippen LogP contribution in [0.4, 0.5) is 0 Å². The number of rotatable bonds is 11. The van der Waals surface area contributed by atoms with Gasteiger partial charge in [-0.2, -0.15) is 0 Å². The highest BCUT2D eigenvalue weighted by molar-refractivity contribution is 5.38. The molecule has 0 spiro atoms. The Morgan fingerprint density at radius 3 is 2.08 bits per heavy atom. The van der Waals surface area contributed by atoms with E-state index in [-0.39, 0.29) is 5.60 Å². The number of ether oxygens (including phenoxy) is 3. The van der Waals surface area contributed by atoms with Gasteiger partial charge < -0.3 is 19.3 Å². The van der Waals surface area contributed by atoms with Gasteiger partial charge in [0.25, 0.3) is 0 Å². The first-order chi connectivity index (χ1) is 12.1. The van der Waals surface area contributed by atoms with E-state index in [1.807, 2.05) is 39.0 Å². The highest BCUT2D eigenvalue weighted by Crippen LogP contribution is 2.24. The van der Waals surface area contributed by atoms with Crippen molar-refractivity contribution in [3.05, 3.63) is 23.8 Å². The largest absolute Gasteiger partial charge is 0.497 e. The van der Waals surface area contributed by atoms with Crippen molar-refractivity contribution in [2.45, 2.75) is 59.3 Å². The van der Waals surface area contributed by atoms with Crippen molar-refractivity contribution in [3.63, 3.8) is 0 Å². The lowest BCUT2D eigenvalue weighted by molar-refractivity contribution is -0.0568. The van der Waals surface area contributed by atoms with Crippen molar-refractivity contribution in [1.82, 2.24) is 4.90 Å². The van der Waals surface area contributed by atoms with E-state index in [1.165, 1.54) is 0 Å². The minimum absolute atomic E-state index is 0.246. The lowest BCUT2D eigenvalue weighted by Crippen LogP contribution is -2.37. The first kappa shape index (κ1) is 22.7. The molecule has 150 valence electrons. The molecule has 5 heteroatoms. The lowest BCUT2D eigenvalue weighted by Gasteiger charge is -2.28. The van der Waals surface area contributed by atoms with Crippen molar-refractivity contribution < 1.29 is 19.3 Å². The third kappa shape index (κ3) is 9.41. The Labute approximate surface area is 159 Å². The maximum absolute atomic E-state index is 10.4. The van der Waals surface area contributed by atoms with Crippen LogP contribution in [0.15, 0.2) is 18.2 Å². The third-order valence-electron chi connectivity index (χ3n) is 4.02. The average molecular weight is 368 g/mol. The molecule has 0 aliphatic carbocycles. The zero-order valence-electron chi connectivity index (χ0n) is 17.5. The van der Waals surface area contributed by atoms with Crippen LogP contribution in [0.3, 0.4) is 0 Å². The second-order valence-corrected chi connectivity index (χ2v) is 8.22. The Morgan fingerprint density at radius 2 is 1.62 bits per heavy atom. The minimum Gasteiger partial charge on any atom is -0.497 e. The molecular weight excluding hydrogens is 330 g/mol. The van der Waals surface area contributed by atoms with E-state index < -0.39 is 6.10 Å². The molecule has 0 amide bonds. The number of hydrogen-bond donors (Lipinski definition) is 1. The van der Waals surface area contributed by atoms with Gasteiger partial charge in [-0.15, -0.1) is 0 Å². The molecule has 26 heavy (non-hydrogen) atoms. The van der Waals surface area contributed by atoms with Crippen LogP contribution in [0.1, 0.15) is 46.6 Å². The summed E-state index contributed by atoms with van der Waals surface area (Å²) in [4.78, 5) is 2.27. The monoisotopic (exact) mass is 367 g/mol. The van der Waals surface area contributed by atoms with E-state index in [0.717, 1.165) is 36.6 Å². The summed E-state index contributed by atoms with van der Waals surface area (Å²) in [5.41, 5.74) is 0.859. The summed E-state index contributed by atoms with van der Waals surface area (Å²) in [7, 11) is 3.31. The van der Waals surface area contributed by atoms with Crippen LogP contribution < -0.4 is 9.47 Å². The Kier molecular flexibility index (Phi) is 9.41. The van der Waals surface area contributed by atoms with E-state index in [2.05, 4.69) is 18.7 Å². The number of aliphatic hydroxyl groups excluding tert-OH is 1. The molecule has 0 unspecified atom stereocenters. The van der Waals surface area contributed by atoms with Gasteiger partial charge in [0, 0.05) is 19.2 Å². The fourth-order valence-corrected chi connectivity index (χ4v) is 2.59. The summed E-state index contributed by atoms with van der Waals surface area (Å²) in [6, 6.07) is 5.90. The maximum atomic E-state index is 10.4. The van der Waals surface area contributed by atoms with Crippen molar-refractivity contribution in [3.8, 4) is 11.5 Å². The highest BCUT2D eigenvalue weighted by Gasteiger charge is 2.17. The predicted octanol–water partition coefficient (Wildman–Crippen LogP) is 3.73. The smallest absolute Gasteiger partial charge is 0.122 e. The Morgan fingerprint density at radius 1 is 1.04 bits per heavy atom. The molecule has 0 aromatic heterocycles. The lowest BCUT2D eigenvalue weighted by atomic mass is 10.1. The molecule has 5 nitrogen and oxygen atoms in total. The van der Waals surface area contributed by atoms with Crippen LogP contribution in [-0.2, 0) is 11.3 Å². The molecule has 1 N–H and O–H groups in total. The van der Waals surface area contributed by atoms with Crippen molar-refractivity contribution in [2.24, 2.45) is 5.92 Å². The Bertz CT molecular complexity index is 503. The highest BCUT2D eigenvalue weighted by atomic mass is 16.5. The van der Waals surface area contributed by atoms with Gasteiger partial charge in [-0.3, -0.25) is 4.90 Å². The van der Waals surface area contributed by atoms with Crippen LogP contribution in [0, 0.1) is 5.92 Å². The van der Waals surface area contributed by atoms with Gasteiger partial charge in [0.15, 0.2) is 0 Å². The third-order valence-corrected chi connectivity index (χ3v) is 4.02. The molecule has 0 aliphatic rings. The summed E-state index contributed by atoms with van der Waals surface area (Å²) in [5, 5.41) is 10.4. The van der Waals surface area contributed by atoms with Gasteiger partial charge >= 0.3 is 0 Å². The summed E-state index contributed by atoms with van der Waals surface area (Å²) < 4.78 is 16.5. The quantitative estimate of drug-likeness (QED) is 0.646. The van der Waals surface area contributed by atoms with Crippen molar-refractivity contribution in [1.29, 1.82) is 0 Å². The second-order valence-electron chi connectivity index (χ2n) is 8.22. The number of methoxy groups -OCH3 is 2. The first-order valence-electron chi connectivity index (χ1n) is 9.39. The van der Waals surface area contributed by atoms with Gasteiger partial charge in [-0.05, 0) is 57.4 Å². The molecule has 1 aromatic carbocycles. The molecule has 0 fully saturated rings. The van der Waals surface area contributed by atoms with E-state index in [1.54, 1.807) is 14.2 Å². The average Bonchev–Trinajstić information content (AvgIpc) is 2.56. The van der Waals surface area contributed by atoms with Crippen LogP contribution in [-0.4, -0.2) is 55.6 Å². The minimum atomic E-state index is -0.520. The summed E-state index contributed by atoms with van der Waals surface area (Å²) in [5.74, 6) is 2.17. The van der Waals surface area contributed by atoms with Gasteiger partial charge in [0.05, 0.1) is 32.5 Å². The molecule has 1 aromatic rings. The van der Waals surface area contributed by atoms with Crippen LogP contribution in [0.2, 0.25) is 0 Å². The SMILES string of the molecule is COc1cc(CN(CCC(C)C)C[C@@H](O)COC(C)(C)C)cc(OC)c1. The van der Waals surface area contributed by atoms with E-state index in [0.29, 0.717) is 19.1 Å². The molecule has 0 aliphatic heterocycles. The Hall–Kier alpha value is -1.30. The maximum Gasteiger partial charge on any atom is 0.122 e. The number of nitrogens with zero attached hydrogens (tertiary/aromatic N) is 1. The Balaban J connectivity index is 2.79. The van der Waals surface area contributed by atoms with Crippen molar-refractivity contribution in [2.75, 3.05) is 33.9 Å². The van der Waals surface area contributed by atoms with Gasteiger partial charge in [-0.25, -0.2) is 0 Å². The van der Waals surface area contributed by atoms with Gasteiger partial charge in [0.2, 0.25) is 0 Å². The summed E-state index contributed by atoms with van der Waals surface area (Å²) >= 11 is 0. The van der Waals surface area contributed by atoms with Gasteiger partial charge in [-0.1, -0.05) is 13.8 Å². The standard InChI is InChI=1S/C21H37NO4/c1-16(2)8-9-22(14-18(23)15-26-21(3,4)5)13-17-10-19(24-6)12-20(11-17)25-7/h10-12,16,18,23H,8-9,13-15H2,1-7H3/t18-/m1/s1. The van der Waals surface area contributed by atoms with E-state index in [4.69, 9.17) is 14.2 Å².